The molecule has 1 aliphatic rings. The molecule has 0 saturated heterocycles. The van der Waals surface area contributed by atoms with Crippen LogP contribution in [0.3, 0.4) is 0 Å². The van der Waals surface area contributed by atoms with Crippen molar-refractivity contribution in [2.24, 2.45) is 11.8 Å². The fraction of sp³-hybridized carbons (Fsp3) is 0.857. The second-order valence-electron chi connectivity index (χ2n) is 6.95. The van der Waals surface area contributed by atoms with Gasteiger partial charge in [0.05, 0.1) is 13.2 Å². The number of carbonyl (C=O) groups excluding carboxylic acids is 2. The Morgan fingerprint density at radius 2 is 1.84 bits per heavy atom. The smallest absolute Gasteiger partial charge is 0.316 e. The lowest BCUT2D eigenvalue weighted by Gasteiger charge is -2.39. The standard InChI is InChI=1S/C14H26O4Si/c1-9-11(18-19(6,7)14(2,3)4)8-10(15)12(9)13(16)17-5/h9,11-12H,8H2,1-7H3/t9-,11-,12+/m0/s1. The van der Waals surface area contributed by atoms with E-state index in [-0.39, 0.29) is 22.8 Å². The summed E-state index contributed by atoms with van der Waals surface area (Å²) in [6.07, 6.45) is 0.172. The minimum Gasteiger partial charge on any atom is -0.468 e. The van der Waals surface area contributed by atoms with Crippen LogP contribution in [-0.2, 0) is 18.8 Å². The number of rotatable bonds is 3. The highest BCUT2D eigenvalue weighted by molar-refractivity contribution is 6.74. The maximum Gasteiger partial charge on any atom is 0.316 e. The van der Waals surface area contributed by atoms with Crippen LogP contribution in [0.5, 0.6) is 0 Å². The highest BCUT2D eigenvalue weighted by Crippen LogP contribution is 2.41. The van der Waals surface area contributed by atoms with Gasteiger partial charge in [0.2, 0.25) is 0 Å². The third kappa shape index (κ3) is 3.26. The minimum absolute atomic E-state index is 0.0527. The van der Waals surface area contributed by atoms with Crippen molar-refractivity contribution in [3.63, 3.8) is 0 Å². The quantitative estimate of drug-likeness (QED) is 0.455. The highest BCUT2D eigenvalue weighted by atomic mass is 28.4. The number of ether oxygens (including phenoxy) is 1. The Balaban J connectivity index is 2.84. The molecule has 4 nitrogen and oxygen atoms in total. The molecule has 1 saturated carbocycles. The number of methoxy groups -OCH3 is 1. The van der Waals surface area contributed by atoms with E-state index >= 15 is 0 Å². The van der Waals surface area contributed by atoms with E-state index in [2.05, 4.69) is 33.9 Å². The van der Waals surface area contributed by atoms with Gasteiger partial charge in [-0.3, -0.25) is 9.59 Å². The van der Waals surface area contributed by atoms with Crippen LogP contribution in [0.2, 0.25) is 18.1 Å². The summed E-state index contributed by atoms with van der Waals surface area (Å²) < 4.78 is 11.0. The Kier molecular flexibility index (Phi) is 4.62. The third-order valence-corrected chi connectivity index (χ3v) is 9.07. The molecule has 0 bridgehead atoms. The first-order valence-corrected chi connectivity index (χ1v) is 9.70. The molecule has 19 heavy (non-hydrogen) atoms. The Bertz CT molecular complexity index is 370. The summed E-state index contributed by atoms with van der Waals surface area (Å²) in [6.45, 7) is 12.7. The van der Waals surface area contributed by atoms with E-state index in [1.165, 1.54) is 7.11 Å². The Labute approximate surface area is 117 Å². The number of hydrogen-bond acceptors (Lipinski definition) is 4. The molecule has 1 rings (SSSR count). The topological polar surface area (TPSA) is 52.6 Å². The normalized spacial score (nSPS) is 28.6. The molecule has 1 aliphatic carbocycles. The number of esters is 1. The third-order valence-electron chi connectivity index (χ3n) is 4.57. The number of Topliss-reactive ketones (excluding diaryl/α,β-unsaturated/α-hetero) is 1. The van der Waals surface area contributed by atoms with Crippen LogP contribution >= 0.6 is 0 Å². The number of ketones is 1. The first-order valence-electron chi connectivity index (χ1n) is 6.79. The highest BCUT2D eigenvalue weighted by Gasteiger charge is 2.49. The van der Waals surface area contributed by atoms with Gasteiger partial charge in [-0.25, -0.2) is 0 Å². The predicted molar refractivity (Wildman–Crippen MR) is 76.4 cm³/mol. The van der Waals surface area contributed by atoms with Crippen molar-refractivity contribution in [3.8, 4) is 0 Å². The molecule has 0 aliphatic heterocycles. The summed E-state index contributed by atoms with van der Waals surface area (Å²) in [4.78, 5) is 23.6. The van der Waals surface area contributed by atoms with E-state index in [0.717, 1.165) is 0 Å². The summed E-state index contributed by atoms with van der Waals surface area (Å²) in [5.74, 6) is -1.24. The molecule has 0 radical (unpaired) electrons. The molecule has 0 aromatic rings. The zero-order valence-corrected chi connectivity index (χ0v) is 14.1. The van der Waals surface area contributed by atoms with Gasteiger partial charge in [-0.15, -0.1) is 0 Å². The van der Waals surface area contributed by atoms with Crippen LogP contribution in [0.25, 0.3) is 0 Å². The van der Waals surface area contributed by atoms with E-state index in [9.17, 15) is 9.59 Å². The summed E-state index contributed by atoms with van der Waals surface area (Å²) in [7, 11) is -0.596. The fourth-order valence-electron chi connectivity index (χ4n) is 2.20. The average molecular weight is 286 g/mol. The van der Waals surface area contributed by atoms with Crippen molar-refractivity contribution in [2.45, 2.75) is 58.4 Å². The second-order valence-corrected chi connectivity index (χ2v) is 11.7. The van der Waals surface area contributed by atoms with Gasteiger partial charge >= 0.3 is 5.97 Å². The van der Waals surface area contributed by atoms with Crippen LogP contribution in [-0.4, -0.2) is 33.3 Å². The molecule has 0 N–H and O–H groups in total. The lowest BCUT2D eigenvalue weighted by atomic mass is 9.97. The summed E-state index contributed by atoms with van der Waals surface area (Å²) >= 11 is 0. The molecule has 3 atom stereocenters. The van der Waals surface area contributed by atoms with Crippen LogP contribution in [0.15, 0.2) is 0 Å². The van der Waals surface area contributed by atoms with Gasteiger partial charge < -0.3 is 9.16 Å². The largest absolute Gasteiger partial charge is 0.468 e. The van der Waals surface area contributed by atoms with E-state index < -0.39 is 20.2 Å². The van der Waals surface area contributed by atoms with Crippen molar-refractivity contribution in [2.75, 3.05) is 7.11 Å². The lowest BCUT2D eigenvalue weighted by Crippen LogP contribution is -2.45. The first kappa shape index (κ1) is 16.4. The molecule has 110 valence electrons. The van der Waals surface area contributed by atoms with Gasteiger partial charge in [0.1, 0.15) is 11.7 Å². The molecule has 1 fully saturated rings. The fourth-order valence-corrected chi connectivity index (χ4v) is 3.60. The van der Waals surface area contributed by atoms with Gasteiger partial charge in [0, 0.05) is 12.3 Å². The van der Waals surface area contributed by atoms with Crippen LogP contribution < -0.4 is 0 Å². The van der Waals surface area contributed by atoms with Crippen molar-refractivity contribution in [3.05, 3.63) is 0 Å². The van der Waals surface area contributed by atoms with E-state index in [0.29, 0.717) is 6.42 Å². The van der Waals surface area contributed by atoms with E-state index in [4.69, 9.17) is 9.16 Å². The molecule has 0 unspecified atom stereocenters. The van der Waals surface area contributed by atoms with E-state index in [1.807, 2.05) is 6.92 Å². The molecule has 0 amide bonds. The van der Waals surface area contributed by atoms with Crippen molar-refractivity contribution < 1.29 is 18.8 Å². The Morgan fingerprint density at radius 1 is 1.32 bits per heavy atom. The predicted octanol–water partition coefficient (Wildman–Crippen LogP) is 2.77. The maximum atomic E-state index is 12.0. The molecule has 0 heterocycles. The Hall–Kier alpha value is -0.683. The van der Waals surface area contributed by atoms with Crippen LogP contribution in [0.1, 0.15) is 34.1 Å². The average Bonchev–Trinajstić information content (AvgIpc) is 2.51. The molecule has 0 aromatic carbocycles. The van der Waals surface area contributed by atoms with Crippen molar-refractivity contribution in [1.82, 2.24) is 0 Å². The molecule has 0 spiro atoms. The summed E-state index contributed by atoms with van der Waals surface area (Å²) in [6, 6.07) is 0. The van der Waals surface area contributed by atoms with Gasteiger partial charge in [0.15, 0.2) is 8.32 Å². The zero-order valence-electron chi connectivity index (χ0n) is 13.1. The van der Waals surface area contributed by atoms with Crippen LogP contribution in [0.4, 0.5) is 0 Å². The Morgan fingerprint density at radius 3 is 2.26 bits per heavy atom. The summed E-state index contributed by atoms with van der Waals surface area (Å²) in [5.41, 5.74) is 0. The molecule has 5 heteroatoms. The van der Waals surface area contributed by atoms with Crippen LogP contribution in [0, 0.1) is 11.8 Å². The second kappa shape index (κ2) is 5.36. The lowest BCUT2D eigenvalue weighted by molar-refractivity contribution is -0.149. The number of carbonyl (C=O) groups is 2. The zero-order chi connectivity index (χ0) is 15.0. The van der Waals surface area contributed by atoms with Gasteiger partial charge in [-0.2, -0.15) is 0 Å². The first-order chi connectivity index (χ1) is 8.51. The summed E-state index contributed by atoms with van der Waals surface area (Å²) in [5, 5.41) is 0.0963. The van der Waals surface area contributed by atoms with E-state index in [1.54, 1.807) is 0 Å². The van der Waals surface area contributed by atoms with Crippen molar-refractivity contribution in [1.29, 1.82) is 0 Å². The maximum absolute atomic E-state index is 12.0. The van der Waals surface area contributed by atoms with Gasteiger partial charge in [-0.05, 0) is 18.1 Å². The minimum atomic E-state index is -1.92. The number of hydrogen-bond donors (Lipinski definition) is 0. The molecule has 0 aromatic heterocycles. The monoisotopic (exact) mass is 286 g/mol. The molecular weight excluding hydrogens is 260 g/mol. The SMILES string of the molecule is COC(=O)[C@H]1C(=O)C[C@H](O[Si](C)(C)C(C)(C)C)[C@@H]1C. The van der Waals surface area contributed by atoms with Crippen molar-refractivity contribution >= 4 is 20.1 Å². The van der Waals surface area contributed by atoms with Gasteiger partial charge in [0.25, 0.3) is 0 Å². The van der Waals surface area contributed by atoms with Gasteiger partial charge in [-0.1, -0.05) is 27.7 Å². The molecular formula is C14H26O4Si.